The van der Waals surface area contributed by atoms with Crippen molar-refractivity contribution in [2.45, 2.75) is 38.6 Å². The smallest absolute Gasteiger partial charge is 0.315 e. The lowest BCUT2D eigenvalue weighted by Gasteiger charge is -2.18. The number of hydrogen-bond acceptors (Lipinski definition) is 3. The van der Waals surface area contributed by atoms with Crippen molar-refractivity contribution in [3.05, 3.63) is 0 Å². The summed E-state index contributed by atoms with van der Waals surface area (Å²) < 4.78 is 0. The predicted molar refractivity (Wildman–Crippen MR) is 73.1 cm³/mol. The number of carbonyl (C=O) groups is 2. The van der Waals surface area contributed by atoms with Crippen molar-refractivity contribution < 1.29 is 14.7 Å². The van der Waals surface area contributed by atoms with E-state index in [1.54, 1.807) is 0 Å². The summed E-state index contributed by atoms with van der Waals surface area (Å²) in [6.45, 7) is 4.71. The minimum Gasteiger partial charge on any atom is -0.481 e. The zero-order chi connectivity index (χ0) is 14.3. The van der Waals surface area contributed by atoms with Crippen LogP contribution in [0.2, 0.25) is 0 Å². The van der Waals surface area contributed by atoms with E-state index in [4.69, 9.17) is 5.11 Å². The second kappa shape index (κ2) is 7.99. The number of aliphatic carboxylic acids is 1. The Bertz CT molecular complexity index is 310. The molecule has 3 N–H and O–H groups in total. The van der Waals surface area contributed by atoms with Gasteiger partial charge in [0.25, 0.3) is 0 Å². The Hall–Kier alpha value is -1.30. The quantitative estimate of drug-likeness (QED) is 0.642. The summed E-state index contributed by atoms with van der Waals surface area (Å²) in [6, 6.07) is -0.539. The molecule has 0 saturated carbocycles. The average molecular weight is 271 g/mol. The Balaban J connectivity index is 2.25. The average Bonchev–Trinajstić information content (AvgIpc) is 2.72. The van der Waals surface area contributed by atoms with Crippen LogP contribution in [0.1, 0.15) is 32.6 Å². The van der Waals surface area contributed by atoms with Gasteiger partial charge in [0.2, 0.25) is 0 Å². The van der Waals surface area contributed by atoms with Gasteiger partial charge in [-0.1, -0.05) is 13.3 Å². The van der Waals surface area contributed by atoms with E-state index in [1.165, 1.54) is 0 Å². The normalized spacial score (nSPS) is 21.1. The van der Waals surface area contributed by atoms with Gasteiger partial charge in [0, 0.05) is 19.1 Å². The Morgan fingerprint density at radius 1 is 1.47 bits per heavy atom. The van der Waals surface area contributed by atoms with Crippen LogP contribution < -0.4 is 10.6 Å². The van der Waals surface area contributed by atoms with Crippen LogP contribution in [0.5, 0.6) is 0 Å². The maximum absolute atomic E-state index is 11.7. The molecule has 19 heavy (non-hydrogen) atoms. The van der Waals surface area contributed by atoms with Crippen LogP contribution in [-0.4, -0.2) is 54.7 Å². The Kier molecular flexibility index (Phi) is 6.62. The van der Waals surface area contributed by atoms with Gasteiger partial charge in [0.1, 0.15) is 0 Å². The number of hydrogen-bond donors (Lipinski definition) is 3. The third kappa shape index (κ3) is 6.42. The summed E-state index contributed by atoms with van der Waals surface area (Å²) >= 11 is 0. The minimum absolute atomic E-state index is 0.0204. The highest BCUT2D eigenvalue weighted by Crippen LogP contribution is 2.12. The lowest BCUT2D eigenvalue weighted by atomic mass is 10.1. The molecule has 1 rings (SSSR count). The molecule has 6 heteroatoms. The monoisotopic (exact) mass is 271 g/mol. The summed E-state index contributed by atoms with van der Waals surface area (Å²) in [5.41, 5.74) is 0. The summed E-state index contributed by atoms with van der Waals surface area (Å²) in [5.74, 6) is -0.379. The molecule has 1 aliphatic rings. The first-order chi connectivity index (χ1) is 9.01. The second-order valence-corrected chi connectivity index (χ2v) is 5.35. The highest BCUT2D eigenvalue weighted by Gasteiger charge is 2.20. The summed E-state index contributed by atoms with van der Waals surface area (Å²) in [5, 5.41) is 14.4. The highest BCUT2D eigenvalue weighted by atomic mass is 16.4. The van der Waals surface area contributed by atoms with Crippen LogP contribution in [0.3, 0.4) is 0 Å². The molecule has 0 aromatic rings. The molecule has 1 saturated heterocycles. The van der Waals surface area contributed by atoms with Gasteiger partial charge in [-0.2, -0.15) is 0 Å². The summed E-state index contributed by atoms with van der Waals surface area (Å²) in [4.78, 5) is 24.7. The predicted octanol–water partition coefficient (Wildman–Crippen LogP) is 0.881. The first-order valence-corrected chi connectivity index (χ1v) is 6.96. The molecule has 1 fully saturated rings. The SMILES string of the molecule is CCCC(CC(=O)O)NC(=O)NCC1CCN(C)C1. The van der Waals surface area contributed by atoms with Gasteiger partial charge in [0.15, 0.2) is 0 Å². The zero-order valence-corrected chi connectivity index (χ0v) is 11.8. The fraction of sp³-hybridized carbons (Fsp3) is 0.846. The molecule has 110 valence electrons. The van der Waals surface area contributed by atoms with Crippen LogP contribution in [0.4, 0.5) is 4.79 Å². The van der Waals surface area contributed by atoms with Crippen molar-refractivity contribution in [2.24, 2.45) is 5.92 Å². The molecule has 1 heterocycles. The number of nitrogens with one attached hydrogen (secondary N) is 2. The molecule has 0 spiro atoms. The molecule has 0 aromatic carbocycles. The largest absolute Gasteiger partial charge is 0.481 e. The van der Waals surface area contributed by atoms with Crippen molar-refractivity contribution >= 4 is 12.0 Å². The molecule has 6 nitrogen and oxygen atoms in total. The molecule has 0 aromatic heterocycles. The minimum atomic E-state index is -0.879. The standard InChI is InChI=1S/C13H25N3O3/c1-3-4-11(7-12(17)18)15-13(19)14-8-10-5-6-16(2)9-10/h10-11H,3-9H2,1-2H3,(H,17,18)(H2,14,15,19). The van der Waals surface area contributed by atoms with Gasteiger partial charge < -0.3 is 20.6 Å². The van der Waals surface area contributed by atoms with Crippen LogP contribution in [0.15, 0.2) is 0 Å². The molecule has 2 atom stereocenters. The van der Waals surface area contributed by atoms with Crippen LogP contribution in [-0.2, 0) is 4.79 Å². The van der Waals surface area contributed by atoms with E-state index in [-0.39, 0.29) is 18.5 Å². The van der Waals surface area contributed by atoms with E-state index in [2.05, 4.69) is 22.6 Å². The van der Waals surface area contributed by atoms with Crippen molar-refractivity contribution in [3.8, 4) is 0 Å². The number of urea groups is 1. The molecular weight excluding hydrogens is 246 g/mol. The maximum atomic E-state index is 11.7. The molecule has 0 aliphatic carbocycles. The second-order valence-electron chi connectivity index (χ2n) is 5.35. The molecule has 2 unspecified atom stereocenters. The number of carboxylic acid groups (broad SMARTS) is 1. The molecule has 1 aliphatic heterocycles. The number of likely N-dealkylation sites (tertiary alicyclic amines) is 1. The fourth-order valence-corrected chi connectivity index (χ4v) is 2.45. The van der Waals surface area contributed by atoms with E-state index in [1.807, 2.05) is 6.92 Å². The Morgan fingerprint density at radius 2 is 2.21 bits per heavy atom. The van der Waals surface area contributed by atoms with Crippen LogP contribution >= 0.6 is 0 Å². The number of carbonyl (C=O) groups excluding carboxylic acids is 1. The third-order valence-electron chi connectivity index (χ3n) is 3.43. The van der Waals surface area contributed by atoms with E-state index < -0.39 is 5.97 Å². The summed E-state index contributed by atoms with van der Waals surface area (Å²) in [6.07, 6.45) is 2.62. The lowest BCUT2D eigenvalue weighted by Crippen LogP contribution is -2.44. The third-order valence-corrected chi connectivity index (χ3v) is 3.43. The van der Waals surface area contributed by atoms with Crippen LogP contribution in [0, 0.1) is 5.92 Å². The van der Waals surface area contributed by atoms with Gasteiger partial charge in [-0.3, -0.25) is 4.79 Å². The van der Waals surface area contributed by atoms with E-state index in [0.29, 0.717) is 18.9 Å². The van der Waals surface area contributed by atoms with Crippen LogP contribution in [0.25, 0.3) is 0 Å². The maximum Gasteiger partial charge on any atom is 0.315 e. The highest BCUT2D eigenvalue weighted by molar-refractivity contribution is 5.75. The first-order valence-electron chi connectivity index (χ1n) is 6.96. The number of amides is 2. The zero-order valence-electron chi connectivity index (χ0n) is 11.8. The van der Waals surface area contributed by atoms with Gasteiger partial charge in [0.05, 0.1) is 6.42 Å². The topological polar surface area (TPSA) is 81.7 Å². The Labute approximate surface area is 114 Å². The van der Waals surface area contributed by atoms with E-state index in [9.17, 15) is 9.59 Å². The molecule has 2 amide bonds. The number of rotatable bonds is 7. The summed E-state index contributed by atoms with van der Waals surface area (Å²) in [7, 11) is 2.07. The van der Waals surface area contributed by atoms with Gasteiger partial charge in [-0.15, -0.1) is 0 Å². The fourth-order valence-electron chi connectivity index (χ4n) is 2.45. The van der Waals surface area contributed by atoms with E-state index >= 15 is 0 Å². The van der Waals surface area contributed by atoms with Gasteiger partial charge in [-0.05, 0) is 32.4 Å². The van der Waals surface area contributed by atoms with Crippen molar-refractivity contribution in [1.29, 1.82) is 0 Å². The van der Waals surface area contributed by atoms with Crippen molar-refractivity contribution in [3.63, 3.8) is 0 Å². The lowest BCUT2D eigenvalue weighted by molar-refractivity contribution is -0.137. The number of carboxylic acids is 1. The molecular formula is C13H25N3O3. The van der Waals surface area contributed by atoms with Gasteiger partial charge >= 0.3 is 12.0 Å². The molecule has 0 radical (unpaired) electrons. The molecule has 0 bridgehead atoms. The van der Waals surface area contributed by atoms with Crippen molar-refractivity contribution in [2.75, 3.05) is 26.7 Å². The Morgan fingerprint density at radius 3 is 2.74 bits per heavy atom. The van der Waals surface area contributed by atoms with Gasteiger partial charge in [-0.25, -0.2) is 4.79 Å². The van der Waals surface area contributed by atoms with Crippen molar-refractivity contribution in [1.82, 2.24) is 15.5 Å². The first kappa shape index (κ1) is 15.8. The van der Waals surface area contributed by atoms with E-state index in [0.717, 1.165) is 25.9 Å². The number of nitrogens with zero attached hydrogens (tertiary/aromatic N) is 1.